The highest BCUT2D eigenvalue weighted by atomic mass is 32.2. The van der Waals surface area contributed by atoms with E-state index in [9.17, 15) is 9.47 Å². The molecule has 4 aliphatic rings. The molecule has 2 saturated heterocycles. The number of hydrogen-bond donors (Lipinski definition) is 0. The number of nitrogens with zero attached hydrogens (tertiary/aromatic N) is 7. The molecule has 4 fully saturated rings. The van der Waals surface area contributed by atoms with E-state index in [4.69, 9.17) is 9.47 Å². The summed E-state index contributed by atoms with van der Waals surface area (Å²) in [6.07, 6.45) is 18.0. The predicted octanol–water partition coefficient (Wildman–Crippen LogP) is 7.38. The van der Waals surface area contributed by atoms with Gasteiger partial charge in [-0.1, -0.05) is 60.1 Å². The summed E-state index contributed by atoms with van der Waals surface area (Å²) in [5.74, 6) is 14.1. The molecule has 4 heterocycles. The molecular formula is C43H51N7O3S. The van der Waals surface area contributed by atoms with E-state index >= 15 is 0 Å². The Bertz CT molecular complexity index is 2040. The first-order chi connectivity index (χ1) is 26.5. The van der Waals surface area contributed by atoms with E-state index in [2.05, 4.69) is 50.4 Å². The Morgan fingerprint density at radius 3 is 1.74 bits per heavy atom. The molecule has 0 bridgehead atoms. The smallest absolute Gasteiger partial charge is 0.114 e. The molecule has 0 radical (unpaired) electrons. The summed E-state index contributed by atoms with van der Waals surface area (Å²) in [6, 6.07) is 14.1. The van der Waals surface area contributed by atoms with Crippen LogP contribution in [0, 0.1) is 46.8 Å². The van der Waals surface area contributed by atoms with Crippen molar-refractivity contribution < 1.29 is 13.7 Å². The van der Waals surface area contributed by atoms with E-state index in [0.717, 1.165) is 89.5 Å². The number of ether oxygens (including phenoxy) is 2. The van der Waals surface area contributed by atoms with E-state index < -0.39 is 10.8 Å². The molecule has 3 atom stereocenters. The topological polar surface area (TPSA) is 121 Å². The minimum atomic E-state index is -1.12. The van der Waals surface area contributed by atoms with Gasteiger partial charge in [0.1, 0.15) is 11.4 Å². The second-order valence-electron chi connectivity index (χ2n) is 14.1. The zero-order valence-electron chi connectivity index (χ0n) is 31.8. The number of benzene rings is 2. The van der Waals surface area contributed by atoms with Crippen molar-refractivity contribution in [2.24, 2.45) is 11.8 Å². The minimum absolute atomic E-state index is 0.207. The highest BCUT2D eigenvalue weighted by Gasteiger charge is 2.20. The molecule has 2 saturated carbocycles. The first kappa shape index (κ1) is 39.1. The van der Waals surface area contributed by atoms with Crippen LogP contribution in [0.15, 0.2) is 53.7 Å². The Morgan fingerprint density at radius 1 is 0.741 bits per heavy atom. The third-order valence-electron chi connectivity index (χ3n) is 9.62. The van der Waals surface area contributed by atoms with Crippen LogP contribution in [0.1, 0.15) is 94.7 Å². The monoisotopic (exact) mass is 745 g/mol. The number of nitriles is 1. The van der Waals surface area contributed by atoms with Crippen LogP contribution in [0.25, 0.3) is 22.5 Å². The summed E-state index contributed by atoms with van der Waals surface area (Å²) in [5, 5.41) is 26.3. The Morgan fingerprint density at radius 2 is 1.26 bits per heavy atom. The SMILES string of the molecule is CC.CS(=O)c1cc(C#CC2CC2)ccc1-c1cn(CC2CCCCO2)nn1.N#CCc1cc(C#CC2CC2)ccc1-c1cn(C[C@H]2CCCCO2)nn1. The lowest BCUT2D eigenvalue weighted by molar-refractivity contribution is 0.00356. The molecule has 54 heavy (non-hydrogen) atoms. The van der Waals surface area contributed by atoms with E-state index in [-0.39, 0.29) is 12.2 Å². The molecule has 0 spiro atoms. The average Bonchev–Trinajstić information content (AvgIpc) is 4.13. The molecule has 10 nitrogen and oxygen atoms in total. The van der Waals surface area contributed by atoms with E-state index in [1.54, 1.807) is 6.26 Å². The Kier molecular flexibility index (Phi) is 14.2. The summed E-state index contributed by atoms with van der Waals surface area (Å²) in [7, 11) is -1.12. The molecule has 0 amide bonds. The fourth-order valence-electron chi connectivity index (χ4n) is 6.37. The second-order valence-corrected chi connectivity index (χ2v) is 15.4. The van der Waals surface area contributed by atoms with Crippen LogP contribution in [-0.4, -0.2) is 65.9 Å². The van der Waals surface area contributed by atoms with Gasteiger partial charge in [-0.2, -0.15) is 5.26 Å². The molecule has 8 rings (SSSR count). The van der Waals surface area contributed by atoms with Crippen molar-refractivity contribution in [1.82, 2.24) is 30.0 Å². The van der Waals surface area contributed by atoms with Crippen LogP contribution in [0.2, 0.25) is 0 Å². The van der Waals surface area contributed by atoms with E-state index in [1.807, 2.05) is 72.0 Å². The van der Waals surface area contributed by atoms with Gasteiger partial charge in [-0.05, 0) is 94.0 Å². The van der Waals surface area contributed by atoms with Crippen LogP contribution >= 0.6 is 0 Å². The minimum Gasteiger partial charge on any atom is -0.376 e. The van der Waals surface area contributed by atoms with Crippen LogP contribution in [0.4, 0.5) is 0 Å². The zero-order chi connectivity index (χ0) is 37.7. The summed E-state index contributed by atoms with van der Waals surface area (Å²) < 4.78 is 27.5. The van der Waals surface area contributed by atoms with Gasteiger partial charge in [0.05, 0.1) is 61.0 Å². The Balaban J connectivity index is 0.000000176. The highest BCUT2D eigenvalue weighted by molar-refractivity contribution is 7.84. The lowest BCUT2D eigenvalue weighted by atomic mass is 9.99. The number of hydrogen-bond acceptors (Lipinski definition) is 8. The van der Waals surface area contributed by atoms with Crippen molar-refractivity contribution in [1.29, 1.82) is 5.26 Å². The maximum Gasteiger partial charge on any atom is 0.114 e. The van der Waals surface area contributed by atoms with Crippen molar-refractivity contribution in [2.75, 3.05) is 19.5 Å². The van der Waals surface area contributed by atoms with Crippen molar-refractivity contribution >= 4 is 10.8 Å². The van der Waals surface area contributed by atoms with Gasteiger partial charge in [-0.25, -0.2) is 9.36 Å². The summed E-state index contributed by atoms with van der Waals surface area (Å²) in [4.78, 5) is 0.758. The maximum atomic E-state index is 12.3. The standard InChI is InChI=1S/C21H22N4O.C20H23N3O2S.C2H6/c22-11-10-18-13-17(7-6-16-4-5-16)8-9-20(18)21-15-25(24-23-21)14-19-3-1-2-12-26-19;1-26(24)20-12-16(8-7-15-5-6-15)9-10-18(20)19-14-23(22-21-19)13-17-4-2-3-11-25-17;1-2/h8-9,13,15-16,19H,1-5,10,12,14H2;9-10,12,14-15,17H,2-6,11,13H2,1H3;1-2H3/t19-;;/m1../s1. The molecular weight excluding hydrogens is 695 g/mol. The fourth-order valence-corrected chi connectivity index (χ4v) is 7.15. The van der Waals surface area contributed by atoms with Crippen LogP contribution in [-0.2, 0) is 39.8 Å². The molecule has 4 aromatic rings. The number of aromatic nitrogens is 6. The van der Waals surface area contributed by atoms with Gasteiger partial charge in [0, 0.05) is 58.5 Å². The molecule has 282 valence electrons. The van der Waals surface area contributed by atoms with Gasteiger partial charge in [-0.15, -0.1) is 10.2 Å². The van der Waals surface area contributed by atoms with Gasteiger partial charge < -0.3 is 9.47 Å². The quantitative estimate of drug-likeness (QED) is 0.172. The lowest BCUT2D eigenvalue weighted by Gasteiger charge is -2.21. The first-order valence-electron chi connectivity index (χ1n) is 19.6. The fraction of sp³-hybridized carbons (Fsp3) is 0.512. The van der Waals surface area contributed by atoms with Crippen molar-refractivity contribution in [2.45, 2.75) is 115 Å². The number of rotatable bonds is 8. The van der Waals surface area contributed by atoms with Gasteiger partial charge >= 0.3 is 0 Å². The third kappa shape index (κ3) is 11.5. The van der Waals surface area contributed by atoms with Crippen LogP contribution < -0.4 is 0 Å². The largest absolute Gasteiger partial charge is 0.376 e. The molecule has 11 heteroatoms. The van der Waals surface area contributed by atoms with Crippen LogP contribution in [0.5, 0.6) is 0 Å². The average molecular weight is 746 g/mol. The molecule has 2 aliphatic carbocycles. The summed E-state index contributed by atoms with van der Waals surface area (Å²) in [6.45, 7) is 7.10. The molecule has 2 aromatic heterocycles. The molecule has 2 aliphatic heterocycles. The second kappa shape index (κ2) is 19.6. The Labute approximate surface area is 322 Å². The lowest BCUT2D eigenvalue weighted by Crippen LogP contribution is -2.24. The Hall–Kier alpha value is -4.60. The van der Waals surface area contributed by atoms with E-state index in [1.165, 1.54) is 38.5 Å². The normalized spacial score (nSPS) is 19.6. The predicted molar refractivity (Wildman–Crippen MR) is 210 cm³/mol. The van der Waals surface area contributed by atoms with E-state index in [0.29, 0.717) is 24.8 Å². The van der Waals surface area contributed by atoms with Crippen molar-refractivity contribution in [3.05, 3.63) is 65.5 Å². The molecule has 2 unspecified atom stereocenters. The summed E-state index contributed by atoms with van der Waals surface area (Å²) in [5.41, 5.74) is 6.19. The third-order valence-corrected chi connectivity index (χ3v) is 10.6. The first-order valence-corrected chi connectivity index (χ1v) is 21.1. The zero-order valence-corrected chi connectivity index (χ0v) is 32.6. The van der Waals surface area contributed by atoms with Gasteiger partial charge in [0.15, 0.2) is 0 Å². The van der Waals surface area contributed by atoms with Gasteiger partial charge in [0.25, 0.3) is 0 Å². The summed E-state index contributed by atoms with van der Waals surface area (Å²) >= 11 is 0. The molecule has 2 aromatic carbocycles. The van der Waals surface area contributed by atoms with Gasteiger partial charge in [0.2, 0.25) is 0 Å². The van der Waals surface area contributed by atoms with Crippen LogP contribution in [0.3, 0.4) is 0 Å². The van der Waals surface area contributed by atoms with Crippen molar-refractivity contribution in [3.63, 3.8) is 0 Å². The van der Waals surface area contributed by atoms with Crippen molar-refractivity contribution in [3.8, 4) is 52.3 Å². The van der Waals surface area contributed by atoms with Gasteiger partial charge in [-0.3, -0.25) is 4.21 Å². The molecule has 0 N–H and O–H groups in total. The highest BCUT2D eigenvalue weighted by Crippen LogP contribution is 2.30. The maximum absolute atomic E-state index is 12.3.